The zero-order valence-corrected chi connectivity index (χ0v) is 11.8. The Balaban J connectivity index is 2.15. The zero-order chi connectivity index (χ0) is 14.8. The molecule has 1 aromatic heterocycles. The van der Waals surface area contributed by atoms with E-state index in [4.69, 9.17) is 0 Å². The van der Waals surface area contributed by atoms with Gasteiger partial charge >= 0.3 is 6.18 Å². The van der Waals surface area contributed by atoms with Crippen LogP contribution in [0.25, 0.3) is 10.9 Å². The summed E-state index contributed by atoms with van der Waals surface area (Å²) in [5, 5.41) is 3.25. The van der Waals surface area contributed by atoms with Gasteiger partial charge in [-0.1, -0.05) is 12.1 Å². The topological polar surface area (TPSA) is 42.0 Å². The predicted octanol–water partition coefficient (Wildman–Crippen LogP) is 4.28. The van der Waals surface area contributed by atoms with Crippen LogP contribution in [0.3, 0.4) is 0 Å². The van der Waals surface area contributed by atoms with Crippen LogP contribution in [0.5, 0.6) is 0 Å². The largest absolute Gasteiger partial charge is 0.389 e. The van der Waals surface area contributed by atoms with Gasteiger partial charge in [-0.3, -0.25) is 9.78 Å². The number of carbonyl (C=O) groups excluding carboxylic acids is 1. The first-order chi connectivity index (χ1) is 9.35. The molecule has 1 amide bonds. The number of alkyl halides is 3. The lowest BCUT2D eigenvalue weighted by molar-refractivity contribution is -0.142. The third kappa shape index (κ3) is 3.93. The molecule has 2 rings (SSSR count). The molecule has 2 aromatic rings. The number of fused-ring (bicyclic) bond motifs is 1. The monoisotopic (exact) mass is 346 g/mol. The van der Waals surface area contributed by atoms with Gasteiger partial charge in [-0.2, -0.15) is 13.2 Å². The number of halogens is 4. The summed E-state index contributed by atoms with van der Waals surface area (Å²) in [5.74, 6) is -0.681. The molecule has 1 N–H and O–H groups in total. The lowest BCUT2D eigenvalue weighted by Crippen LogP contribution is -2.16. The summed E-state index contributed by atoms with van der Waals surface area (Å²) >= 11 is 3.28. The molecule has 0 saturated heterocycles. The number of anilines is 1. The van der Waals surface area contributed by atoms with Gasteiger partial charge in [0.15, 0.2) is 0 Å². The summed E-state index contributed by atoms with van der Waals surface area (Å²) in [6, 6.07) is 6.93. The molecule has 0 unspecified atom stereocenters. The van der Waals surface area contributed by atoms with Gasteiger partial charge in [0, 0.05) is 22.5 Å². The van der Waals surface area contributed by atoms with E-state index in [0.717, 1.165) is 9.86 Å². The molecule has 0 saturated carbocycles. The van der Waals surface area contributed by atoms with E-state index < -0.39 is 24.9 Å². The number of para-hydroxylation sites is 1. The van der Waals surface area contributed by atoms with Crippen LogP contribution in [-0.4, -0.2) is 17.1 Å². The highest BCUT2D eigenvalue weighted by Gasteiger charge is 2.27. The smallest absolute Gasteiger partial charge is 0.324 e. The minimum Gasteiger partial charge on any atom is -0.324 e. The lowest BCUT2D eigenvalue weighted by atomic mass is 10.2. The number of pyridine rings is 1. The molecular formula is C13H10BrF3N2O. The molecule has 106 valence electrons. The van der Waals surface area contributed by atoms with Gasteiger partial charge in [0.05, 0.1) is 17.6 Å². The number of hydrogen-bond acceptors (Lipinski definition) is 2. The third-order valence-electron chi connectivity index (χ3n) is 2.59. The second-order valence-corrected chi connectivity index (χ2v) is 5.11. The van der Waals surface area contributed by atoms with Crippen molar-refractivity contribution in [1.29, 1.82) is 0 Å². The first-order valence-electron chi connectivity index (χ1n) is 5.76. The Morgan fingerprint density at radius 2 is 2.10 bits per heavy atom. The fourth-order valence-electron chi connectivity index (χ4n) is 1.70. The zero-order valence-electron chi connectivity index (χ0n) is 10.2. The second-order valence-electron chi connectivity index (χ2n) is 4.19. The van der Waals surface area contributed by atoms with Crippen molar-refractivity contribution in [1.82, 2.24) is 4.98 Å². The van der Waals surface area contributed by atoms with Crippen molar-refractivity contribution in [2.24, 2.45) is 0 Å². The molecule has 0 fully saturated rings. The maximum atomic E-state index is 12.1. The van der Waals surface area contributed by atoms with E-state index in [1.807, 2.05) is 6.07 Å². The highest BCUT2D eigenvalue weighted by molar-refractivity contribution is 9.10. The summed E-state index contributed by atoms with van der Waals surface area (Å²) in [7, 11) is 0. The Labute approximate surface area is 121 Å². The maximum absolute atomic E-state index is 12.1. The molecule has 0 atom stereocenters. The van der Waals surface area contributed by atoms with E-state index in [1.165, 1.54) is 0 Å². The number of carbonyl (C=O) groups is 1. The molecule has 1 aromatic carbocycles. The summed E-state index contributed by atoms with van der Waals surface area (Å²) in [6.45, 7) is 0. The Bertz CT molecular complexity index is 643. The van der Waals surface area contributed by atoms with Crippen molar-refractivity contribution in [2.45, 2.75) is 19.0 Å². The van der Waals surface area contributed by atoms with E-state index in [0.29, 0.717) is 11.2 Å². The van der Waals surface area contributed by atoms with Crippen LogP contribution in [0.4, 0.5) is 18.9 Å². The van der Waals surface area contributed by atoms with Crippen molar-refractivity contribution in [3.05, 3.63) is 34.9 Å². The average molecular weight is 347 g/mol. The van der Waals surface area contributed by atoms with Crippen molar-refractivity contribution in [2.75, 3.05) is 5.32 Å². The molecule has 0 bridgehead atoms. The van der Waals surface area contributed by atoms with E-state index in [2.05, 4.69) is 26.2 Å². The molecular weight excluding hydrogens is 337 g/mol. The number of amides is 1. The van der Waals surface area contributed by atoms with Crippen molar-refractivity contribution >= 4 is 38.4 Å². The number of nitrogens with zero attached hydrogens (tertiary/aromatic N) is 1. The molecule has 0 spiro atoms. The Kier molecular flexibility index (Phi) is 4.27. The van der Waals surface area contributed by atoms with Crippen LogP contribution in [0.1, 0.15) is 12.8 Å². The van der Waals surface area contributed by atoms with Gasteiger partial charge in [0.25, 0.3) is 0 Å². The first kappa shape index (κ1) is 14.8. The molecule has 20 heavy (non-hydrogen) atoms. The van der Waals surface area contributed by atoms with E-state index in [-0.39, 0.29) is 0 Å². The van der Waals surface area contributed by atoms with E-state index in [9.17, 15) is 18.0 Å². The average Bonchev–Trinajstić information content (AvgIpc) is 2.35. The van der Waals surface area contributed by atoms with Gasteiger partial charge in [-0.15, -0.1) is 0 Å². The van der Waals surface area contributed by atoms with Gasteiger partial charge < -0.3 is 5.32 Å². The maximum Gasteiger partial charge on any atom is 0.389 e. The molecule has 3 nitrogen and oxygen atoms in total. The molecule has 0 radical (unpaired) electrons. The van der Waals surface area contributed by atoms with Crippen LogP contribution in [0.2, 0.25) is 0 Å². The van der Waals surface area contributed by atoms with E-state index in [1.54, 1.807) is 24.4 Å². The Morgan fingerprint density at radius 3 is 2.80 bits per heavy atom. The molecule has 0 aliphatic rings. The number of rotatable bonds is 3. The fourth-order valence-corrected chi connectivity index (χ4v) is 2.05. The minimum absolute atomic E-state index is 0.405. The van der Waals surface area contributed by atoms with Crippen LogP contribution >= 0.6 is 15.9 Å². The number of nitrogens with one attached hydrogen (secondary N) is 1. The first-order valence-corrected chi connectivity index (χ1v) is 6.55. The summed E-state index contributed by atoms with van der Waals surface area (Å²) in [6.07, 6.45) is -4.51. The standard InChI is InChI=1S/C13H10BrF3N2O/c14-9-6-8-2-1-3-10(12(8)18-7-9)19-11(20)4-5-13(15,16)17/h1-3,6-7H,4-5H2,(H,19,20). The van der Waals surface area contributed by atoms with E-state index >= 15 is 0 Å². The van der Waals surface area contributed by atoms with Crippen molar-refractivity contribution < 1.29 is 18.0 Å². The number of aromatic nitrogens is 1. The van der Waals surface area contributed by atoms with Gasteiger partial charge in [-0.25, -0.2) is 0 Å². The number of benzene rings is 1. The highest BCUT2D eigenvalue weighted by atomic mass is 79.9. The number of hydrogen-bond donors (Lipinski definition) is 1. The minimum atomic E-state index is -4.33. The third-order valence-corrected chi connectivity index (χ3v) is 3.02. The van der Waals surface area contributed by atoms with Crippen molar-refractivity contribution in [3.8, 4) is 0 Å². The summed E-state index contributed by atoms with van der Waals surface area (Å²) in [4.78, 5) is 15.7. The second kappa shape index (κ2) is 5.78. The SMILES string of the molecule is O=C(CCC(F)(F)F)Nc1cccc2cc(Br)cnc12. The normalized spacial score (nSPS) is 11.6. The van der Waals surface area contributed by atoms with Gasteiger partial charge in [-0.05, 0) is 28.1 Å². The summed E-state index contributed by atoms with van der Waals surface area (Å²) < 4.78 is 36.9. The molecule has 0 aliphatic heterocycles. The predicted molar refractivity (Wildman–Crippen MR) is 73.4 cm³/mol. The Hall–Kier alpha value is -1.63. The molecule has 0 aliphatic carbocycles. The molecule has 7 heteroatoms. The fraction of sp³-hybridized carbons (Fsp3) is 0.231. The highest BCUT2D eigenvalue weighted by Crippen LogP contribution is 2.25. The molecule has 1 heterocycles. The van der Waals surface area contributed by atoms with Gasteiger partial charge in [0.2, 0.25) is 5.91 Å². The van der Waals surface area contributed by atoms with Crippen LogP contribution in [0.15, 0.2) is 34.9 Å². The van der Waals surface area contributed by atoms with Crippen molar-refractivity contribution in [3.63, 3.8) is 0 Å². The van der Waals surface area contributed by atoms with Gasteiger partial charge in [0.1, 0.15) is 0 Å². The lowest BCUT2D eigenvalue weighted by Gasteiger charge is -2.09. The van der Waals surface area contributed by atoms with Crippen LogP contribution in [-0.2, 0) is 4.79 Å². The van der Waals surface area contributed by atoms with Crippen LogP contribution in [0, 0.1) is 0 Å². The summed E-state index contributed by atoms with van der Waals surface area (Å²) in [5.41, 5.74) is 0.943. The Morgan fingerprint density at radius 1 is 1.35 bits per heavy atom. The quantitative estimate of drug-likeness (QED) is 0.901. The van der Waals surface area contributed by atoms with Crippen LogP contribution < -0.4 is 5.32 Å².